The van der Waals surface area contributed by atoms with Gasteiger partial charge in [-0.3, -0.25) is 9.35 Å². The third-order valence-corrected chi connectivity index (χ3v) is 2.94. The third-order valence-electron chi connectivity index (χ3n) is 2.22. The maximum absolute atomic E-state index is 11.3. The summed E-state index contributed by atoms with van der Waals surface area (Å²) in [7, 11) is -4.03. The average Bonchev–Trinajstić information content (AvgIpc) is 2.13. The maximum Gasteiger partial charge on any atom is 0.266 e. The molecule has 0 aromatic heterocycles. The molecule has 0 rings (SSSR count). The van der Waals surface area contributed by atoms with Crippen LogP contribution in [0, 0.1) is 5.92 Å². The van der Waals surface area contributed by atoms with E-state index in [1.165, 1.54) is 0 Å². The molecule has 15 heavy (non-hydrogen) atoms. The highest BCUT2D eigenvalue weighted by atomic mass is 32.2. The average molecular weight is 238 g/mol. The molecular weight excluding hydrogens is 220 g/mol. The fourth-order valence-electron chi connectivity index (χ4n) is 0.933. The molecule has 0 saturated carbocycles. The van der Waals surface area contributed by atoms with Crippen LogP contribution in [0.2, 0.25) is 0 Å². The normalized spacial score (nSPS) is 15.7. The molecule has 0 radical (unpaired) electrons. The summed E-state index contributed by atoms with van der Waals surface area (Å²) in [4.78, 5) is 11.3. The van der Waals surface area contributed by atoms with Gasteiger partial charge in [-0.05, 0) is 5.92 Å². The van der Waals surface area contributed by atoms with Crippen molar-refractivity contribution in [2.24, 2.45) is 11.7 Å². The van der Waals surface area contributed by atoms with Gasteiger partial charge in [0.2, 0.25) is 5.91 Å². The summed E-state index contributed by atoms with van der Waals surface area (Å²) in [5.41, 5.74) is 5.60. The lowest BCUT2D eigenvalue weighted by atomic mass is 9.99. The van der Waals surface area contributed by atoms with Crippen molar-refractivity contribution in [1.29, 1.82) is 0 Å². The minimum atomic E-state index is -4.03. The SMILES string of the molecule is CC[C@H](C)[C@H](N)C(=O)NCCS(=O)(=O)O. The predicted octanol–water partition coefficient (Wildman–Crippen LogP) is -0.636. The Morgan fingerprint density at radius 2 is 2.07 bits per heavy atom. The van der Waals surface area contributed by atoms with E-state index >= 15 is 0 Å². The van der Waals surface area contributed by atoms with Gasteiger partial charge in [0.15, 0.2) is 0 Å². The smallest absolute Gasteiger partial charge is 0.266 e. The molecule has 4 N–H and O–H groups in total. The quantitative estimate of drug-likeness (QED) is 0.533. The fraction of sp³-hybridized carbons (Fsp3) is 0.875. The summed E-state index contributed by atoms with van der Waals surface area (Å²) >= 11 is 0. The number of nitrogens with two attached hydrogens (primary N) is 1. The van der Waals surface area contributed by atoms with Crippen molar-refractivity contribution in [3.63, 3.8) is 0 Å². The molecular formula is C8H18N2O4S. The van der Waals surface area contributed by atoms with Crippen LogP contribution in [0.25, 0.3) is 0 Å². The molecule has 0 aromatic carbocycles. The first-order valence-corrected chi connectivity index (χ1v) is 6.37. The highest BCUT2D eigenvalue weighted by Crippen LogP contribution is 2.04. The van der Waals surface area contributed by atoms with Gasteiger partial charge in [-0.2, -0.15) is 8.42 Å². The maximum atomic E-state index is 11.3. The predicted molar refractivity (Wildman–Crippen MR) is 56.9 cm³/mol. The van der Waals surface area contributed by atoms with E-state index in [4.69, 9.17) is 10.3 Å². The molecule has 0 heterocycles. The highest BCUT2D eigenvalue weighted by Gasteiger charge is 2.19. The van der Waals surface area contributed by atoms with Crippen molar-refractivity contribution < 1.29 is 17.8 Å². The third kappa shape index (κ3) is 6.43. The van der Waals surface area contributed by atoms with E-state index in [0.29, 0.717) is 0 Å². The first-order chi connectivity index (χ1) is 6.78. The van der Waals surface area contributed by atoms with Crippen molar-refractivity contribution in [1.82, 2.24) is 5.32 Å². The van der Waals surface area contributed by atoms with E-state index in [-0.39, 0.29) is 12.5 Å². The first kappa shape index (κ1) is 14.3. The number of carbonyl (C=O) groups excluding carboxylic acids is 1. The molecule has 0 spiro atoms. The number of carbonyl (C=O) groups is 1. The van der Waals surface area contributed by atoms with E-state index in [1.807, 2.05) is 13.8 Å². The van der Waals surface area contributed by atoms with E-state index in [1.54, 1.807) is 0 Å². The minimum absolute atomic E-state index is 0.0377. The molecule has 0 aliphatic rings. The van der Waals surface area contributed by atoms with Crippen molar-refractivity contribution in [2.75, 3.05) is 12.3 Å². The Morgan fingerprint density at radius 1 is 1.53 bits per heavy atom. The number of hydrogen-bond donors (Lipinski definition) is 3. The van der Waals surface area contributed by atoms with Crippen molar-refractivity contribution in [2.45, 2.75) is 26.3 Å². The molecule has 1 amide bonds. The number of nitrogens with one attached hydrogen (secondary N) is 1. The van der Waals surface area contributed by atoms with Crippen molar-refractivity contribution in [3.05, 3.63) is 0 Å². The molecule has 0 fully saturated rings. The fourth-order valence-corrected chi connectivity index (χ4v) is 1.29. The zero-order valence-electron chi connectivity index (χ0n) is 8.93. The molecule has 0 bridgehead atoms. The van der Waals surface area contributed by atoms with Gasteiger partial charge in [-0.15, -0.1) is 0 Å². The topological polar surface area (TPSA) is 109 Å². The summed E-state index contributed by atoms with van der Waals surface area (Å²) in [6.07, 6.45) is 0.771. The zero-order valence-corrected chi connectivity index (χ0v) is 9.75. The molecule has 0 aliphatic heterocycles. The summed E-state index contributed by atoms with van der Waals surface area (Å²) in [6.45, 7) is 3.63. The van der Waals surface area contributed by atoms with Crippen LogP contribution >= 0.6 is 0 Å². The number of amides is 1. The second-order valence-electron chi connectivity index (χ2n) is 3.49. The first-order valence-electron chi connectivity index (χ1n) is 4.76. The van der Waals surface area contributed by atoms with Crippen LogP contribution in [0.5, 0.6) is 0 Å². The molecule has 7 heteroatoms. The van der Waals surface area contributed by atoms with Gasteiger partial charge in [0.1, 0.15) is 0 Å². The summed E-state index contributed by atoms with van der Waals surface area (Å²) in [6, 6.07) is -0.642. The Hall–Kier alpha value is -0.660. The second-order valence-corrected chi connectivity index (χ2v) is 5.06. The molecule has 6 nitrogen and oxygen atoms in total. The summed E-state index contributed by atoms with van der Waals surface area (Å²) < 4.78 is 29.1. The largest absolute Gasteiger partial charge is 0.354 e. The summed E-state index contributed by atoms with van der Waals surface area (Å²) in [5, 5.41) is 2.35. The molecule has 0 saturated heterocycles. The van der Waals surface area contributed by atoms with E-state index in [0.717, 1.165) is 6.42 Å². The van der Waals surface area contributed by atoms with Gasteiger partial charge in [0, 0.05) is 6.54 Å². The summed E-state index contributed by atoms with van der Waals surface area (Å²) in [5.74, 6) is -0.852. The number of rotatable bonds is 6. The lowest BCUT2D eigenvalue weighted by molar-refractivity contribution is -0.123. The number of hydrogen-bond acceptors (Lipinski definition) is 4. The zero-order chi connectivity index (χ0) is 12.1. The standard InChI is InChI=1S/C8H18N2O4S/c1-3-6(2)7(9)8(11)10-4-5-15(12,13)14/h6-7H,3-5,9H2,1-2H3,(H,10,11)(H,12,13,14)/t6-,7-/m0/s1. The van der Waals surface area contributed by atoms with Crippen molar-refractivity contribution in [3.8, 4) is 0 Å². The van der Waals surface area contributed by atoms with E-state index in [9.17, 15) is 13.2 Å². The monoisotopic (exact) mass is 238 g/mol. The van der Waals surface area contributed by atoms with Crippen LogP contribution in [-0.2, 0) is 14.9 Å². The van der Waals surface area contributed by atoms with Gasteiger partial charge >= 0.3 is 0 Å². The Bertz CT molecular complexity index is 302. The second kappa shape index (κ2) is 6.04. The molecule has 2 atom stereocenters. The molecule has 0 aromatic rings. The van der Waals surface area contributed by atoms with Gasteiger partial charge in [0.05, 0.1) is 11.8 Å². The van der Waals surface area contributed by atoms with Gasteiger partial charge in [0.25, 0.3) is 10.1 Å². The minimum Gasteiger partial charge on any atom is -0.354 e. The van der Waals surface area contributed by atoms with Crippen molar-refractivity contribution >= 4 is 16.0 Å². The Balaban J connectivity index is 3.94. The van der Waals surface area contributed by atoms with Crippen LogP contribution in [0.1, 0.15) is 20.3 Å². The van der Waals surface area contributed by atoms with Gasteiger partial charge in [-0.25, -0.2) is 0 Å². The Kier molecular flexibility index (Phi) is 5.77. The van der Waals surface area contributed by atoms with Crippen LogP contribution in [0.15, 0.2) is 0 Å². The lowest BCUT2D eigenvalue weighted by Crippen LogP contribution is -2.45. The van der Waals surface area contributed by atoms with Gasteiger partial charge in [-0.1, -0.05) is 20.3 Å². The molecule has 0 aliphatic carbocycles. The van der Waals surface area contributed by atoms with Crippen LogP contribution in [0.3, 0.4) is 0 Å². The van der Waals surface area contributed by atoms with Crippen LogP contribution < -0.4 is 11.1 Å². The Labute approximate surface area is 90.0 Å². The molecule has 90 valence electrons. The van der Waals surface area contributed by atoms with E-state index in [2.05, 4.69) is 5.32 Å². The lowest BCUT2D eigenvalue weighted by Gasteiger charge is -2.17. The van der Waals surface area contributed by atoms with Crippen LogP contribution in [-0.4, -0.2) is 37.2 Å². The van der Waals surface area contributed by atoms with E-state index < -0.39 is 27.8 Å². The van der Waals surface area contributed by atoms with Gasteiger partial charge < -0.3 is 11.1 Å². The molecule has 0 unspecified atom stereocenters. The highest BCUT2D eigenvalue weighted by molar-refractivity contribution is 7.85. The van der Waals surface area contributed by atoms with Crippen LogP contribution in [0.4, 0.5) is 0 Å². The Morgan fingerprint density at radius 3 is 2.47 bits per heavy atom.